The number of nitrogens with one attached hydrogen (secondary N) is 2. The van der Waals surface area contributed by atoms with Gasteiger partial charge in [0, 0.05) is 30.4 Å². The van der Waals surface area contributed by atoms with Crippen LogP contribution in [0.25, 0.3) is 0 Å². The molecule has 138 valence electrons. The zero-order valence-electron chi connectivity index (χ0n) is 15.2. The molecule has 2 N–H and O–H groups in total. The van der Waals surface area contributed by atoms with Crippen molar-refractivity contribution in [1.29, 1.82) is 0 Å². The summed E-state index contributed by atoms with van der Waals surface area (Å²) in [6, 6.07) is 4.26. The fraction of sp³-hybridized carbons (Fsp3) is 0.471. The third-order valence-corrected chi connectivity index (χ3v) is 5.10. The monoisotopic (exact) mass is 474 g/mol. The number of hydrogen-bond acceptors (Lipinski definition) is 4. The van der Waals surface area contributed by atoms with Gasteiger partial charge in [0.1, 0.15) is 12.4 Å². The van der Waals surface area contributed by atoms with Crippen LogP contribution in [0.15, 0.2) is 35.2 Å². The van der Waals surface area contributed by atoms with Crippen LogP contribution in [0.4, 0.5) is 0 Å². The van der Waals surface area contributed by atoms with Crippen molar-refractivity contribution < 1.29 is 0 Å². The molecule has 2 heterocycles. The first-order valence-corrected chi connectivity index (χ1v) is 8.84. The molecule has 2 aromatic rings. The highest BCUT2D eigenvalue weighted by atomic mass is 127. The largest absolute Gasteiger partial charge is 0.355 e. The predicted molar refractivity (Wildman–Crippen MR) is 116 cm³/mol. The minimum Gasteiger partial charge on any atom is -0.355 e. The first kappa shape index (κ1) is 21.6. The van der Waals surface area contributed by atoms with Gasteiger partial charge >= 0.3 is 0 Å². The van der Waals surface area contributed by atoms with Gasteiger partial charge in [-0.05, 0) is 18.4 Å². The lowest BCUT2D eigenvalue weighted by Gasteiger charge is -2.25. The second-order valence-electron chi connectivity index (χ2n) is 6.27. The van der Waals surface area contributed by atoms with E-state index in [4.69, 9.17) is 0 Å². The van der Waals surface area contributed by atoms with Gasteiger partial charge in [0.05, 0.1) is 0 Å². The van der Waals surface area contributed by atoms with Gasteiger partial charge in [0.2, 0.25) is 0 Å². The van der Waals surface area contributed by atoms with Gasteiger partial charge in [-0.3, -0.25) is 0 Å². The van der Waals surface area contributed by atoms with Crippen LogP contribution in [0.2, 0.25) is 0 Å². The molecule has 2 aromatic heterocycles. The molecule has 0 aliphatic heterocycles. The van der Waals surface area contributed by atoms with E-state index in [1.807, 2.05) is 24.6 Å². The number of nitrogens with zero attached hydrogens (tertiary/aromatic N) is 4. The topological polar surface area (TPSA) is 67.1 Å². The summed E-state index contributed by atoms with van der Waals surface area (Å²) in [5.41, 5.74) is 0.0339. The minimum atomic E-state index is 0. The highest BCUT2D eigenvalue weighted by molar-refractivity contribution is 14.0. The van der Waals surface area contributed by atoms with Gasteiger partial charge in [0.25, 0.3) is 0 Å². The Kier molecular flexibility index (Phi) is 8.57. The number of guanidine groups is 1. The quantitative estimate of drug-likeness (QED) is 0.280. The minimum absolute atomic E-state index is 0. The average molecular weight is 474 g/mol. The Hall–Kier alpha value is -1.42. The lowest BCUT2D eigenvalue weighted by atomic mass is 9.91. The lowest BCUT2D eigenvalue weighted by molar-refractivity contribution is 0.518. The Labute approximate surface area is 170 Å². The summed E-state index contributed by atoms with van der Waals surface area (Å²) in [6.45, 7) is 12.0. The van der Waals surface area contributed by atoms with E-state index in [-0.39, 0.29) is 29.4 Å². The Morgan fingerprint density at radius 1 is 1.40 bits per heavy atom. The summed E-state index contributed by atoms with van der Waals surface area (Å²) >= 11 is 1.78. The second kappa shape index (κ2) is 9.91. The number of halogens is 1. The number of aryl methyl sites for hydroxylation is 1. The Bertz CT molecular complexity index is 690. The maximum atomic E-state index is 4.62. The third kappa shape index (κ3) is 6.10. The standard InChI is InChI=1S/C17H26N6S.HI/c1-6-9-18-16(19-11-15-22-21-13(2)23(15)5)20-12-17(3,4)14-8-7-10-24-14;/h6-8,10H,1,9,11-12H2,2-5H3,(H2,18,19,20);1H. The summed E-state index contributed by atoms with van der Waals surface area (Å²) in [4.78, 5) is 5.97. The van der Waals surface area contributed by atoms with Crippen LogP contribution in [0.1, 0.15) is 30.4 Å². The Morgan fingerprint density at radius 2 is 2.16 bits per heavy atom. The molecule has 0 aliphatic rings. The molecule has 0 saturated heterocycles. The van der Waals surface area contributed by atoms with Crippen LogP contribution in [-0.2, 0) is 19.0 Å². The van der Waals surface area contributed by atoms with Crippen molar-refractivity contribution in [2.45, 2.75) is 32.7 Å². The van der Waals surface area contributed by atoms with Gasteiger partial charge < -0.3 is 15.2 Å². The fourth-order valence-electron chi connectivity index (χ4n) is 2.14. The van der Waals surface area contributed by atoms with Crippen LogP contribution >= 0.6 is 35.3 Å². The van der Waals surface area contributed by atoms with Crippen LogP contribution in [0.5, 0.6) is 0 Å². The van der Waals surface area contributed by atoms with E-state index in [9.17, 15) is 0 Å². The van der Waals surface area contributed by atoms with Crippen LogP contribution < -0.4 is 10.6 Å². The summed E-state index contributed by atoms with van der Waals surface area (Å²) in [5.74, 6) is 2.47. The Morgan fingerprint density at radius 3 is 2.72 bits per heavy atom. The number of aromatic nitrogens is 3. The normalized spacial score (nSPS) is 11.8. The van der Waals surface area contributed by atoms with E-state index in [2.05, 4.69) is 63.8 Å². The van der Waals surface area contributed by atoms with Crippen molar-refractivity contribution in [3.05, 3.63) is 46.7 Å². The lowest BCUT2D eigenvalue weighted by Crippen LogP contribution is -2.43. The van der Waals surface area contributed by atoms with E-state index in [1.54, 1.807) is 11.3 Å². The molecule has 25 heavy (non-hydrogen) atoms. The van der Waals surface area contributed by atoms with Crippen molar-refractivity contribution in [2.75, 3.05) is 13.1 Å². The fourth-order valence-corrected chi connectivity index (χ4v) is 2.99. The Balaban J connectivity index is 0.00000312. The molecule has 0 fully saturated rings. The van der Waals surface area contributed by atoms with Crippen molar-refractivity contribution in [3.8, 4) is 0 Å². The van der Waals surface area contributed by atoms with E-state index < -0.39 is 0 Å². The summed E-state index contributed by atoms with van der Waals surface area (Å²) in [7, 11) is 1.95. The maximum absolute atomic E-state index is 4.62. The molecule has 0 saturated carbocycles. The van der Waals surface area contributed by atoms with Gasteiger partial charge in [-0.2, -0.15) is 0 Å². The predicted octanol–water partition coefficient (Wildman–Crippen LogP) is 3.00. The molecular weight excluding hydrogens is 447 g/mol. The molecule has 0 amide bonds. The molecule has 0 bridgehead atoms. The molecule has 0 atom stereocenters. The molecular formula is C17H27IN6S. The third-order valence-electron chi connectivity index (χ3n) is 3.86. The van der Waals surface area contributed by atoms with Gasteiger partial charge in [0.15, 0.2) is 11.8 Å². The molecule has 0 aliphatic carbocycles. The number of rotatable bonds is 7. The summed E-state index contributed by atoms with van der Waals surface area (Å²) in [5, 5.41) is 17.0. The van der Waals surface area contributed by atoms with Gasteiger partial charge in [-0.25, -0.2) is 4.99 Å². The number of aliphatic imine (C=N–C) groups is 1. The smallest absolute Gasteiger partial charge is 0.191 e. The van der Waals surface area contributed by atoms with Crippen LogP contribution in [0, 0.1) is 6.92 Å². The first-order valence-electron chi connectivity index (χ1n) is 7.96. The molecule has 0 spiro atoms. The van der Waals surface area contributed by atoms with E-state index >= 15 is 0 Å². The molecule has 0 unspecified atom stereocenters. The van der Waals surface area contributed by atoms with E-state index in [0.717, 1.165) is 24.2 Å². The number of hydrogen-bond donors (Lipinski definition) is 2. The van der Waals surface area contributed by atoms with Crippen molar-refractivity contribution in [2.24, 2.45) is 12.0 Å². The zero-order chi connectivity index (χ0) is 17.6. The van der Waals surface area contributed by atoms with E-state index in [0.29, 0.717) is 13.1 Å². The van der Waals surface area contributed by atoms with Crippen LogP contribution in [-0.4, -0.2) is 33.8 Å². The second-order valence-corrected chi connectivity index (χ2v) is 7.22. The first-order chi connectivity index (χ1) is 11.4. The van der Waals surface area contributed by atoms with Crippen molar-refractivity contribution >= 4 is 41.3 Å². The highest BCUT2D eigenvalue weighted by Gasteiger charge is 2.22. The van der Waals surface area contributed by atoms with Gasteiger partial charge in [-0.15, -0.1) is 52.1 Å². The van der Waals surface area contributed by atoms with Gasteiger partial charge in [-0.1, -0.05) is 26.0 Å². The molecule has 8 heteroatoms. The van der Waals surface area contributed by atoms with Crippen molar-refractivity contribution in [3.63, 3.8) is 0 Å². The molecule has 6 nitrogen and oxygen atoms in total. The van der Waals surface area contributed by atoms with Crippen molar-refractivity contribution in [1.82, 2.24) is 25.4 Å². The number of thiophene rings is 1. The molecule has 0 aromatic carbocycles. The summed E-state index contributed by atoms with van der Waals surface area (Å²) < 4.78 is 1.95. The van der Waals surface area contributed by atoms with E-state index in [1.165, 1.54) is 4.88 Å². The zero-order valence-corrected chi connectivity index (χ0v) is 18.4. The average Bonchev–Trinajstić information content (AvgIpc) is 3.20. The molecule has 0 radical (unpaired) electrons. The highest BCUT2D eigenvalue weighted by Crippen LogP contribution is 2.26. The maximum Gasteiger partial charge on any atom is 0.191 e. The molecule has 2 rings (SSSR count). The van der Waals surface area contributed by atoms with Crippen LogP contribution in [0.3, 0.4) is 0 Å². The SMILES string of the molecule is C=CCNC(=NCc1nnc(C)n1C)NCC(C)(C)c1cccs1.I. The summed E-state index contributed by atoms with van der Waals surface area (Å²) in [6.07, 6.45) is 1.81.